The second kappa shape index (κ2) is 7.08. The lowest BCUT2D eigenvalue weighted by Crippen LogP contribution is -2.26. The van der Waals surface area contributed by atoms with Gasteiger partial charge >= 0.3 is 0 Å². The average Bonchev–Trinajstić information content (AvgIpc) is 2.93. The van der Waals surface area contributed by atoms with Gasteiger partial charge in [-0.2, -0.15) is 0 Å². The molecule has 1 aliphatic heterocycles. The first-order chi connectivity index (χ1) is 10.4. The third-order valence-corrected chi connectivity index (χ3v) is 4.71. The van der Waals surface area contributed by atoms with Gasteiger partial charge in [0.15, 0.2) is 0 Å². The molecule has 3 heteroatoms. The molecule has 3 nitrogen and oxygen atoms in total. The van der Waals surface area contributed by atoms with E-state index in [9.17, 15) is 5.11 Å². The van der Waals surface area contributed by atoms with Crippen molar-refractivity contribution in [2.45, 2.75) is 57.1 Å². The van der Waals surface area contributed by atoms with Gasteiger partial charge in [-0.25, -0.2) is 4.99 Å². The van der Waals surface area contributed by atoms with Gasteiger partial charge in [-0.15, -0.1) is 0 Å². The lowest BCUT2D eigenvalue weighted by Gasteiger charge is -2.25. The Hall–Kier alpha value is -1.35. The Kier molecular flexibility index (Phi) is 4.91. The molecule has 2 aliphatic rings. The standard InChI is InChI=1S/C18H25NO2/c20-12-11-17-16(13-14-7-3-1-4-8-14)19-18(21-17)15-9-5-2-6-10-15/h2,5-6,9-10,14,16-17,20H,1,3-4,7-8,11-13H2/t16-,17?/m0/s1. The first kappa shape index (κ1) is 14.6. The second-order valence-corrected chi connectivity index (χ2v) is 6.28. The minimum absolute atomic E-state index is 0.0483. The van der Waals surface area contributed by atoms with Crippen molar-refractivity contribution in [1.29, 1.82) is 0 Å². The smallest absolute Gasteiger partial charge is 0.216 e. The van der Waals surface area contributed by atoms with Crippen molar-refractivity contribution in [3.05, 3.63) is 35.9 Å². The van der Waals surface area contributed by atoms with Crippen LogP contribution in [-0.4, -0.2) is 29.8 Å². The predicted molar refractivity (Wildman–Crippen MR) is 84.5 cm³/mol. The highest BCUT2D eigenvalue weighted by Crippen LogP contribution is 2.32. The summed E-state index contributed by atoms with van der Waals surface area (Å²) in [6.45, 7) is 0.170. The first-order valence-electron chi connectivity index (χ1n) is 8.27. The predicted octanol–water partition coefficient (Wildman–Crippen LogP) is 3.55. The van der Waals surface area contributed by atoms with Gasteiger partial charge in [-0.3, -0.25) is 0 Å². The molecule has 1 aliphatic carbocycles. The first-order valence-corrected chi connectivity index (χ1v) is 8.27. The summed E-state index contributed by atoms with van der Waals surface area (Å²) < 4.78 is 6.03. The van der Waals surface area contributed by atoms with Crippen LogP contribution >= 0.6 is 0 Å². The maximum Gasteiger partial charge on any atom is 0.216 e. The van der Waals surface area contributed by atoms with Crippen LogP contribution in [0.25, 0.3) is 0 Å². The van der Waals surface area contributed by atoms with Gasteiger partial charge in [0.2, 0.25) is 5.90 Å². The summed E-state index contributed by atoms with van der Waals surface area (Å²) >= 11 is 0. The molecule has 0 aromatic heterocycles. The van der Waals surface area contributed by atoms with E-state index in [1.165, 1.54) is 32.1 Å². The van der Waals surface area contributed by atoms with Crippen LogP contribution in [0.4, 0.5) is 0 Å². The van der Waals surface area contributed by atoms with Crippen LogP contribution in [0.2, 0.25) is 0 Å². The zero-order valence-electron chi connectivity index (χ0n) is 12.6. The normalized spacial score (nSPS) is 26.4. The van der Waals surface area contributed by atoms with E-state index in [4.69, 9.17) is 9.73 Å². The summed E-state index contributed by atoms with van der Waals surface area (Å²) in [6, 6.07) is 10.3. The minimum Gasteiger partial charge on any atom is -0.472 e. The molecule has 1 N–H and O–H groups in total. The molecule has 114 valence electrons. The van der Waals surface area contributed by atoms with Crippen molar-refractivity contribution in [2.24, 2.45) is 10.9 Å². The molecule has 0 bridgehead atoms. The molecule has 3 rings (SSSR count). The number of aliphatic hydroxyl groups excluding tert-OH is 1. The number of aliphatic imine (C=N–C) groups is 1. The van der Waals surface area contributed by atoms with E-state index >= 15 is 0 Å². The molecule has 1 unspecified atom stereocenters. The Morgan fingerprint density at radius 1 is 1.10 bits per heavy atom. The van der Waals surface area contributed by atoms with E-state index in [2.05, 4.69) is 0 Å². The summed E-state index contributed by atoms with van der Waals surface area (Å²) in [5, 5.41) is 9.28. The Morgan fingerprint density at radius 2 is 1.86 bits per heavy atom. The molecule has 1 aromatic carbocycles. The third kappa shape index (κ3) is 3.65. The number of nitrogens with zero attached hydrogens (tertiary/aromatic N) is 1. The van der Waals surface area contributed by atoms with E-state index < -0.39 is 0 Å². The van der Waals surface area contributed by atoms with Gasteiger partial charge in [-0.05, 0) is 24.5 Å². The van der Waals surface area contributed by atoms with Crippen LogP contribution in [0.1, 0.15) is 50.5 Å². The number of hydrogen-bond acceptors (Lipinski definition) is 3. The van der Waals surface area contributed by atoms with Gasteiger partial charge in [0.05, 0.1) is 6.04 Å². The van der Waals surface area contributed by atoms with Crippen molar-refractivity contribution in [1.82, 2.24) is 0 Å². The molecule has 2 atom stereocenters. The molecule has 21 heavy (non-hydrogen) atoms. The highest BCUT2D eigenvalue weighted by atomic mass is 16.5. The fourth-order valence-corrected chi connectivity index (χ4v) is 3.56. The monoisotopic (exact) mass is 287 g/mol. The minimum atomic E-state index is 0.0483. The van der Waals surface area contributed by atoms with E-state index in [-0.39, 0.29) is 18.8 Å². The average molecular weight is 287 g/mol. The summed E-state index contributed by atoms with van der Waals surface area (Å²) in [5.41, 5.74) is 1.05. The SMILES string of the molecule is OCCC1OC(c2ccccc2)=N[C@H]1CC1CCCCC1. The van der Waals surface area contributed by atoms with E-state index in [0.717, 1.165) is 23.8 Å². The Bertz CT molecular complexity index is 465. The molecule has 0 radical (unpaired) electrons. The molecule has 0 spiro atoms. The van der Waals surface area contributed by atoms with Crippen LogP contribution in [-0.2, 0) is 4.74 Å². The topological polar surface area (TPSA) is 41.8 Å². The maximum absolute atomic E-state index is 9.28. The van der Waals surface area contributed by atoms with Crippen LogP contribution in [0.15, 0.2) is 35.3 Å². The van der Waals surface area contributed by atoms with Crippen molar-refractivity contribution < 1.29 is 9.84 Å². The van der Waals surface area contributed by atoms with Crippen LogP contribution in [0.3, 0.4) is 0 Å². The van der Waals surface area contributed by atoms with Gasteiger partial charge in [0.25, 0.3) is 0 Å². The van der Waals surface area contributed by atoms with Gasteiger partial charge < -0.3 is 9.84 Å². The summed E-state index contributed by atoms with van der Waals surface area (Å²) in [7, 11) is 0. The van der Waals surface area contributed by atoms with Crippen molar-refractivity contribution in [3.8, 4) is 0 Å². The van der Waals surface area contributed by atoms with Gasteiger partial charge in [0, 0.05) is 18.6 Å². The van der Waals surface area contributed by atoms with Crippen LogP contribution < -0.4 is 0 Å². The maximum atomic E-state index is 9.28. The van der Waals surface area contributed by atoms with E-state index in [1.54, 1.807) is 0 Å². The van der Waals surface area contributed by atoms with Crippen molar-refractivity contribution in [2.75, 3.05) is 6.61 Å². The third-order valence-electron chi connectivity index (χ3n) is 4.71. The Morgan fingerprint density at radius 3 is 2.57 bits per heavy atom. The quantitative estimate of drug-likeness (QED) is 0.899. The number of rotatable bonds is 5. The largest absolute Gasteiger partial charge is 0.472 e. The Balaban J connectivity index is 1.70. The van der Waals surface area contributed by atoms with E-state index in [1.807, 2.05) is 30.3 Å². The number of hydrogen-bond donors (Lipinski definition) is 1. The zero-order chi connectivity index (χ0) is 14.5. The summed E-state index contributed by atoms with van der Waals surface area (Å²) in [5.74, 6) is 1.54. The van der Waals surface area contributed by atoms with Crippen LogP contribution in [0, 0.1) is 5.92 Å². The zero-order valence-corrected chi connectivity index (χ0v) is 12.6. The van der Waals surface area contributed by atoms with Crippen molar-refractivity contribution >= 4 is 5.90 Å². The van der Waals surface area contributed by atoms with Gasteiger partial charge in [0.1, 0.15) is 6.10 Å². The number of aliphatic hydroxyl groups is 1. The Labute approximate surface area is 127 Å². The van der Waals surface area contributed by atoms with Crippen molar-refractivity contribution in [3.63, 3.8) is 0 Å². The van der Waals surface area contributed by atoms with Gasteiger partial charge in [-0.1, -0.05) is 50.3 Å². The molecule has 1 aromatic rings. The lowest BCUT2D eigenvalue weighted by molar-refractivity contribution is 0.133. The number of benzene rings is 1. The molecular weight excluding hydrogens is 262 g/mol. The molecule has 0 amide bonds. The second-order valence-electron chi connectivity index (χ2n) is 6.28. The molecular formula is C18H25NO2. The molecule has 0 saturated heterocycles. The molecule has 1 saturated carbocycles. The fraction of sp³-hybridized carbons (Fsp3) is 0.611. The summed E-state index contributed by atoms with van der Waals surface area (Å²) in [6.07, 6.45) is 8.61. The molecule has 1 heterocycles. The lowest BCUT2D eigenvalue weighted by atomic mass is 9.83. The number of ether oxygens (including phenoxy) is 1. The highest BCUT2D eigenvalue weighted by Gasteiger charge is 2.33. The summed E-state index contributed by atoms with van der Waals surface area (Å²) in [4.78, 5) is 4.84. The molecule has 1 fully saturated rings. The highest BCUT2D eigenvalue weighted by molar-refractivity contribution is 5.95. The van der Waals surface area contributed by atoms with Crippen LogP contribution in [0.5, 0.6) is 0 Å². The fourth-order valence-electron chi connectivity index (χ4n) is 3.56. The van der Waals surface area contributed by atoms with E-state index in [0.29, 0.717) is 6.42 Å².